The molecule has 8 nitrogen and oxygen atoms in total. The molecule has 2 aliphatic rings. The van der Waals surface area contributed by atoms with Crippen molar-refractivity contribution >= 4 is 56.3 Å². The summed E-state index contributed by atoms with van der Waals surface area (Å²) in [4.78, 5) is 40.5. The van der Waals surface area contributed by atoms with E-state index in [1.165, 1.54) is 0 Å². The number of nitrogens with one attached hydrogen (secondary N) is 2. The van der Waals surface area contributed by atoms with Crippen LogP contribution in [0.25, 0.3) is 44.4 Å². The van der Waals surface area contributed by atoms with Crippen LogP contribution in [-0.4, -0.2) is 42.1 Å². The van der Waals surface area contributed by atoms with Gasteiger partial charge in [0.2, 0.25) is 0 Å². The molecule has 0 atom stereocenters. The van der Waals surface area contributed by atoms with Gasteiger partial charge in [-0.1, -0.05) is 13.8 Å². The second-order valence-corrected chi connectivity index (χ2v) is 10.5. The van der Waals surface area contributed by atoms with E-state index < -0.39 is 11.9 Å². The third-order valence-corrected chi connectivity index (χ3v) is 8.16. The summed E-state index contributed by atoms with van der Waals surface area (Å²) in [5.41, 5.74) is 13.7. The fourth-order valence-electron chi connectivity index (χ4n) is 5.87. The maximum Gasteiger partial charge on any atom is 0.307 e. The molecule has 8 bridgehead atoms. The minimum atomic E-state index is -0.908. The van der Waals surface area contributed by atoms with Crippen LogP contribution in [0.5, 0.6) is 0 Å². The molecule has 4 N–H and O–H groups in total. The standard InChI is InChI=1S/C32H34N4O4/c1-7-19-15(3)23-13-29-22(10-32(39)40)18(6)26(36-29)12-28-20(8-2)16(4)24(34-28)14-30-21(9-31(37)38)17(5)25(35-30)11-27(19)33-23/h11-14,33,36H,7-10H2,1-6H3,(H,37,38)(H,39,40). The molecule has 5 rings (SSSR count). The summed E-state index contributed by atoms with van der Waals surface area (Å²) in [6, 6.07) is 7.84. The van der Waals surface area contributed by atoms with Crippen LogP contribution >= 0.6 is 0 Å². The van der Waals surface area contributed by atoms with Crippen molar-refractivity contribution in [2.24, 2.45) is 0 Å². The summed E-state index contributed by atoms with van der Waals surface area (Å²) in [5, 5.41) is 19.4. The van der Waals surface area contributed by atoms with Crippen molar-refractivity contribution in [1.29, 1.82) is 0 Å². The zero-order chi connectivity index (χ0) is 28.9. The molecule has 0 spiro atoms. The molecule has 0 radical (unpaired) electrons. The van der Waals surface area contributed by atoms with Crippen molar-refractivity contribution in [3.63, 3.8) is 0 Å². The zero-order valence-electron chi connectivity index (χ0n) is 23.7. The van der Waals surface area contributed by atoms with Crippen LogP contribution in [0.3, 0.4) is 0 Å². The highest BCUT2D eigenvalue weighted by atomic mass is 16.4. The Hall–Kier alpha value is -4.46. The van der Waals surface area contributed by atoms with E-state index in [9.17, 15) is 19.8 Å². The second-order valence-electron chi connectivity index (χ2n) is 10.5. The van der Waals surface area contributed by atoms with Crippen LogP contribution in [0.2, 0.25) is 0 Å². The maximum absolute atomic E-state index is 11.8. The van der Waals surface area contributed by atoms with Crippen LogP contribution in [0, 0.1) is 13.8 Å². The predicted molar refractivity (Wildman–Crippen MR) is 159 cm³/mol. The monoisotopic (exact) mass is 538 g/mol. The third kappa shape index (κ3) is 4.63. The number of carboxylic acid groups (broad SMARTS) is 2. The number of carboxylic acids is 2. The Labute approximate surface area is 232 Å². The van der Waals surface area contributed by atoms with Gasteiger partial charge in [-0.15, -0.1) is 0 Å². The molecule has 40 heavy (non-hydrogen) atoms. The van der Waals surface area contributed by atoms with Gasteiger partial charge in [0.15, 0.2) is 0 Å². The van der Waals surface area contributed by atoms with E-state index in [4.69, 9.17) is 9.97 Å². The summed E-state index contributed by atoms with van der Waals surface area (Å²) in [6.45, 7) is 12.1. The number of carbonyl (C=O) groups is 2. The third-order valence-electron chi connectivity index (χ3n) is 8.16. The molecule has 3 aromatic rings. The lowest BCUT2D eigenvalue weighted by Crippen LogP contribution is -2.00. The minimum Gasteiger partial charge on any atom is -0.481 e. The normalized spacial score (nSPS) is 13.3. The van der Waals surface area contributed by atoms with Gasteiger partial charge in [0.05, 0.1) is 35.6 Å². The van der Waals surface area contributed by atoms with Crippen LogP contribution < -0.4 is 0 Å². The number of hydrogen-bond acceptors (Lipinski definition) is 4. The quantitative estimate of drug-likeness (QED) is 0.271. The first-order valence-corrected chi connectivity index (χ1v) is 13.6. The summed E-state index contributed by atoms with van der Waals surface area (Å²) in [6.07, 6.45) is 1.32. The second kappa shape index (κ2) is 10.3. The zero-order valence-corrected chi connectivity index (χ0v) is 23.7. The number of nitrogens with zero attached hydrogens (tertiary/aromatic N) is 2. The lowest BCUT2D eigenvalue weighted by Gasteiger charge is -2.02. The molecule has 0 aliphatic carbocycles. The molecule has 2 aliphatic heterocycles. The van der Waals surface area contributed by atoms with Gasteiger partial charge in [-0.05, 0) is 109 Å². The molecular formula is C32H34N4O4. The first-order chi connectivity index (χ1) is 19.0. The topological polar surface area (TPSA) is 132 Å². The first kappa shape index (κ1) is 27.1. The predicted octanol–water partition coefficient (Wildman–Crippen LogP) is 6.87. The van der Waals surface area contributed by atoms with Gasteiger partial charge in [0.25, 0.3) is 0 Å². The van der Waals surface area contributed by atoms with Gasteiger partial charge in [0.1, 0.15) is 0 Å². The van der Waals surface area contributed by atoms with Crippen LogP contribution in [0.15, 0.2) is 24.3 Å². The maximum atomic E-state index is 11.8. The highest BCUT2D eigenvalue weighted by Gasteiger charge is 2.22. The van der Waals surface area contributed by atoms with E-state index in [-0.39, 0.29) is 12.8 Å². The van der Waals surface area contributed by atoms with E-state index >= 15 is 0 Å². The summed E-state index contributed by atoms with van der Waals surface area (Å²) >= 11 is 0. The van der Waals surface area contributed by atoms with Crippen LogP contribution in [0.1, 0.15) is 85.6 Å². The molecule has 5 heterocycles. The number of fused-ring (bicyclic) bond motifs is 8. The number of hydrogen-bond donors (Lipinski definition) is 4. The number of aromatic amines is 2. The number of H-pyrrole nitrogens is 2. The smallest absolute Gasteiger partial charge is 0.307 e. The van der Waals surface area contributed by atoms with Crippen molar-refractivity contribution in [2.45, 2.75) is 67.2 Å². The Morgan fingerprint density at radius 1 is 0.625 bits per heavy atom. The lowest BCUT2D eigenvalue weighted by molar-refractivity contribution is -0.137. The van der Waals surface area contributed by atoms with Crippen molar-refractivity contribution in [1.82, 2.24) is 19.9 Å². The first-order valence-electron chi connectivity index (χ1n) is 13.6. The Balaban J connectivity index is 1.98. The molecule has 0 aromatic carbocycles. The van der Waals surface area contributed by atoms with Gasteiger partial charge < -0.3 is 20.2 Å². The minimum absolute atomic E-state index is 0.0972. The Morgan fingerprint density at radius 3 is 1.73 bits per heavy atom. The number of allylic oxidation sites excluding steroid dienone is 3. The SMILES string of the molecule is CCC1=C(C)c2cc3nc(cc4[nH]c(cc5[nH]c(cc1n2)c(C)c5CC(=O)O)c(C)c4CC)C(C)=C3CC(=O)O. The van der Waals surface area contributed by atoms with E-state index in [0.717, 1.165) is 85.3 Å². The van der Waals surface area contributed by atoms with Gasteiger partial charge in [-0.25, -0.2) is 9.97 Å². The molecule has 0 unspecified atom stereocenters. The van der Waals surface area contributed by atoms with E-state index in [1.54, 1.807) is 0 Å². The average Bonchev–Trinajstić information content (AvgIpc) is 3.54. The van der Waals surface area contributed by atoms with Crippen molar-refractivity contribution < 1.29 is 19.8 Å². The Morgan fingerprint density at radius 2 is 1.12 bits per heavy atom. The summed E-state index contributed by atoms with van der Waals surface area (Å²) in [7, 11) is 0. The fraction of sp³-hybridized carbons (Fsp3) is 0.312. The number of aliphatic carboxylic acids is 2. The van der Waals surface area contributed by atoms with Crippen molar-refractivity contribution in [3.05, 3.63) is 69.3 Å². The number of aromatic nitrogens is 4. The van der Waals surface area contributed by atoms with E-state index in [1.807, 2.05) is 45.0 Å². The Kier molecular flexibility index (Phi) is 6.96. The van der Waals surface area contributed by atoms with Crippen LogP contribution in [-0.2, 0) is 22.4 Å². The molecule has 0 amide bonds. The molecule has 8 heteroatoms. The highest BCUT2D eigenvalue weighted by Crippen LogP contribution is 2.37. The van der Waals surface area contributed by atoms with Crippen molar-refractivity contribution in [3.8, 4) is 0 Å². The molecule has 0 saturated carbocycles. The largest absolute Gasteiger partial charge is 0.481 e. The summed E-state index contributed by atoms with van der Waals surface area (Å²) in [5.74, 6) is -1.80. The molecule has 3 aromatic heterocycles. The van der Waals surface area contributed by atoms with Gasteiger partial charge in [0, 0.05) is 22.1 Å². The fourth-order valence-corrected chi connectivity index (χ4v) is 5.87. The van der Waals surface area contributed by atoms with Crippen molar-refractivity contribution in [2.75, 3.05) is 0 Å². The summed E-state index contributed by atoms with van der Waals surface area (Å²) < 4.78 is 0. The van der Waals surface area contributed by atoms with E-state index in [2.05, 4.69) is 30.7 Å². The van der Waals surface area contributed by atoms with Gasteiger partial charge >= 0.3 is 11.9 Å². The highest BCUT2D eigenvalue weighted by molar-refractivity contribution is 5.99. The number of aryl methyl sites for hydroxylation is 3. The average molecular weight is 539 g/mol. The van der Waals surface area contributed by atoms with Crippen LogP contribution in [0.4, 0.5) is 0 Å². The number of rotatable bonds is 6. The molecule has 206 valence electrons. The molecule has 0 saturated heterocycles. The lowest BCUT2D eigenvalue weighted by atomic mass is 10.0. The Bertz CT molecular complexity index is 1820. The van der Waals surface area contributed by atoms with Gasteiger partial charge in [-0.3, -0.25) is 9.59 Å². The molecule has 0 fully saturated rings. The van der Waals surface area contributed by atoms with E-state index in [0.29, 0.717) is 17.0 Å². The van der Waals surface area contributed by atoms with Gasteiger partial charge in [-0.2, -0.15) is 0 Å². The molecular weight excluding hydrogens is 504 g/mol.